The van der Waals surface area contributed by atoms with Gasteiger partial charge < -0.3 is 0 Å². The first kappa shape index (κ1) is 10.5. The van der Waals surface area contributed by atoms with E-state index in [0.717, 1.165) is 5.56 Å². The highest BCUT2D eigenvalue weighted by Crippen LogP contribution is 2.16. The molecule has 0 heterocycles. The van der Waals surface area contributed by atoms with Crippen LogP contribution in [0.15, 0.2) is 24.3 Å². The minimum atomic E-state index is -0.153. The molecule has 2 nitrogen and oxygen atoms in total. The number of benzene rings is 1. The molecule has 0 aliphatic carbocycles. The van der Waals surface area contributed by atoms with Gasteiger partial charge in [0.15, 0.2) is 5.78 Å². The number of hydrogen-bond donors (Lipinski definition) is 0. The Kier molecular flexibility index (Phi) is 3.41. The van der Waals surface area contributed by atoms with Crippen molar-refractivity contribution < 1.29 is 4.79 Å². The molecule has 1 rings (SSSR count). The zero-order valence-electron chi connectivity index (χ0n) is 8.45. The van der Waals surface area contributed by atoms with Crippen molar-refractivity contribution in [2.45, 2.75) is 26.2 Å². The van der Waals surface area contributed by atoms with Gasteiger partial charge in [-0.3, -0.25) is 4.79 Å². The Bertz CT molecular complexity index is 376. The molecule has 72 valence electrons. The number of hydrogen-bond acceptors (Lipinski definition) is 2. The van der Waals surface area contributed by atoms with Crippen molar-refractivity contribution in [1.82, 2.24) is 0 Å². The van der Waals surface area contributed by atoms with Crippen LogP contribution in [0.5, 0.6) is 0 Å². The first-order valence-corrected chi connectivity index (χ1v) is 4.71. The molecule has 0 radical (unpaired) electrons. The summed E-state index contributed by atoms with van der Waals surface area (Å²) in [5.41, 5.74) is 1.61. The minimum absolute atomic E-state index is 0.122. The quantitative estimate of drug-likeness (QED) is 0.682. The van der Waals surface area contributed by atoms with Crippen LogP contribution in [0, 0.1) is 11.3 Å². The highest BCUT2D eigenvalue weighted by Gasteiger charge is 2.07. The molecular formula is C12H13NO. The summed E-state index contributed by atoms with van der Waals surface area (Å²) in [6, 6.07) is 9.45. The van der Waals surface area contributed by atoms with E-state index in [1.54, 1.807) is 12.1 Å². The number of rotatable bonds is 3. The molecule has 0 aromatic heterocycles. The van der Waals surface area contributed by atoms with Gasteiger partial charge in [0, 0.05) is 12.0 Å². The number of nitrogens with zero attached hydrogens (tertiary/aromatic N) is 1. The predicted molar refractivity (Wildman–Crippen MR) is 55.1 cm³/mol. The zero-order chi connectivity index (χ0) is 10.6. The van der Waals surface area contributed by atoms with Gasteiger partial charge >= 0.3 is 0 Å². The van der Waals surface area contributed by atoms with Gasteiger partial charge in [0.1, 0.15) is 0 Å². The smallest absolute Gasteiger partial charge is 0.162 e. The average molecular weight is 187 g/mol. The van der Waals surface area contributed by atoms with Gasteiger partial charge in [-0.25, -0.2) is 0 Å². The van der Waals surface area contributed by atoms with E-state index in [1.165, 1.54) is 0 Å². The molecule has 1 aromatic carbocycles. The fourth-order valence-corrected chi connectivity index (χ4v) is 1.26. The van der Waals surface area contributed by atoms with Gasteiger partial charge in [-0.15, -0.1) is 0 Å². The summed E-state index contributed by atoms with van der Waals surface area (Å²) in [6.07, 6.45) is 0.504. The lowest BCUT2D eigenvalue weighted by molar-refractivity contribution is 0.0988. The lowest BCUT2D eigenvalue weighted by atomic mass is 9.98. The molecule has 14 heavy (non-hydrogen) atoms. The number of carbonyl (C=O) groups excluding carboxylic acids is 1. The Morgan fingerprint density at radius 1 is 1.57 bits per heavy atom. The van der Waals surface area contributed by atoms with Gasteiger partial charge in [0.2, 0.25) is 0 Å². The molecule has 0 aliphatic heterocycles. The molecule has 1 atom stereocenters. The number of ketones is 1. The van der Waals surface area contributed by atoms with Gasteiger partial charge in [0.05, 0.1) is 12.0 Å². The minimum Gasteiger partial charge on any atom is -0.294 e. The second kappa shape index (κ2) is 4.57. The van der Waals surface area contributed by atoms with E-state index in [0.29, 0.717) is 12.0 Å². The molecule has 0 saturated carbocycles. The van der Waals surface area contributed by atoms with Crippen LogP contribution < -0.4 is 0 Å². The van der Waals surface area contributed by atoms with E-state index in [1.807, 2.05) is 26.0 Å². The molecule has 0 N–H and O–H groups in total. The molecule has 0 saturated heterocycles. The number of Topliss-reactive ketones (excluding diaryl/α,β-unsaturated/α-hetero) is 1. The third kappa shape index (κ3) is 2.20. The first-order chi connectivity index (χ1) is 6.69. The molecule has 0 bridgehead atoms. The second-order valence-electron chi connectivity index (χ2n) is 3.25. The van der Waals surface area contributed by atoms with Crippen molar-refractivity contribution in [1.29, 1.82) is 5.26 Å². The lowest BCUT2D eigenvalue weighted by Crippen LogP contribution is -1.98. The second-order valence-corrected chi connectivity index (χ2v) is 3.25. The van der Waals surface area contributed by atoms with Crippen molar-refractivity contribution in [3.8, 4) is 6.07 Å². The summed E-state index contributed by atoms with van der Waals surface area (Å²) in [5.74, 6) is -0.0309. The summed E-state index contributed by atoms with van der Waals surface area (Å²) >= 11 is 0. The number of nitriles is 1. The monoisotopic (exact) mass is 187 g/mol. The summed E-state index contributed by atoms with van der Waals surface area (Å²) in [6.45, 7) is 3.66. The van der Waals surface area contributed by atoms with Gasteiger partial charge in [-0.2, -0.15) is 5.26 Å². The molecule has 0 fully saturated rings. The summed E-state index contributed by atoms with van der Waals surface area (Å²) < 4.78 is 0. The van der Waals surface area contributed by atoms with E-state index in [2.05, 4.69) is 6.07 Å². The Labute approximate surface area is 84.2 Å². The van der Waals surface area contributed by atoms with Gasteiger partial charge in [-0.1, -0.05) is 25.1 Å². The maximum Gasteiger partial charge on any atom is 0.162 e. The third-order valence-electron chi connectivity index (χ3n) is 2.22. The summed E-state index contributed by atoms with van der Waals surface area (Å²) in [7, 11) is 0. The Morgan fingerprint density at radius 3 is 2.86 bits per heavy atom. The number of carbonyl (C=O) groups is 1. The largest absolute Gasteiger partial charge is 0.294 e. The molecule has 1 unspecified atom stereocenters. The highest BCUT2D eigenvalue weighted by molar-refractivity contribution is 5.96. The van der Waals surface area contributed by atoms with Crippen molar-refractivity contribution in [3.63, 3.8) is 0 Å². The van der Waals surface area contributed by atoms with Crippen LogP contribution in [0.2, 0.25) is 0 Å². The maximum atomic E-state index is 11.4. The molecule has 0 spiro atoms. The Balaban J connectivity index is 3.02. The van der Waals surface area contributed by atoms with Crippen molar-refractivity contribution in [2.24, 2.45) is 0 Å². The first-order valence-electron chi connectivity index (χ1n) is 4.71. The standard InChI is InChI=1S/C12H13NO/c1-3-12(14)11-6-4-5-10(7-11)9(2)8-13/h4-7,9H,3H2,1-2H3. The average Bonchev–Trinajstić information content (AvgIpc) is 2.27. The fraction of sp³-hybridized carbons (Fsp3) is 0.333. The molecule has 1 aromatic rings. The SMILES string of the molecule is CCC(=O)c1cccc(C(C)C#N)c1. The highest BCUT2D eigenvalue weighted by atomic mass is 16.1. The Morgan fingerprint density at radius 2 is 2.29 bits per heavy atom. The van der Waals surface area contributed by atoms with Crippen LogP contribution in [0.3, 0.4) is 0 Å². The zero-order valence-corrected chi connectivity index (χ0v) is 8.45. The van der Waals surface area contributed by atoms with Gasteiger partial charge in [-0.05, 0) is 18.6 Å². The van der Waals surface area contributed by atoms with E-state index < -0.39 is 0 Å². The predicted octanol–water partition coefficient (Wildman–Crippen LogP) is 2.91. The fourth-order valence-electron chi connectivity index (χ4n) is 1.26. The topological polar surface area (TPSA) is 40.9 Å². The van der Waals surface area contributed by atoms with E-state index >= 15 is 0 Å². The van der Waals surface area contributed by atoms with Crippen LogP contribution >= 0.6 is 0 Å². The van der Waals surface area contributed by atoms with E-state index in [9.17, 15) is 4.79 Å². The van der Waals surface area contributed by atoms with Crippen LogP contribution in [-0.2, 0) is 0 Å². The van der Waals surface area contributed by atoms with Gasteiger partial charge in [0.25, 0.3) is 0 Å². The van der Waals surface area contributed by atoms with E-state index in [4.69, 9.17) is 5.26 Å². The third-order valence-corrected chi connectivity index (χ3v) is 2.22. The van der Waals surface area contributed by atoms with Crippen molar-refractivity contribution in [3.05, 3.63) is 35.4 Å². The Hall–Kier alpha value is -1.62. The molecule has 2 heteroatoms. The molecule has 0 amide bonds. The van der Waals surface area contributed by atoms with Crippen molar-refractivity contribution >= 4 is 5.78 Å². The molecule has 0 aliphatic rings. The van der Waals surface area contributed by atoms with Crippen LogP contribution in [0.4, 0.5) is 0 Å². The summed E-state index contributed by atoms with van der Waals surface area (Å²) in [5, 5.41) is 8.74. The van der Waals surface area contributed by atoms with Crippen LogP contribution in [0.1, 0.15) is 42.1 Å². The summed E-state index contributed by atoms with van der Waals surface area (Å²) in [4.78, 5) is 11.4. The van der Waals surface area contributed by atoms with Crippen molar-refractivity contribution in [2.75, 3.05) is 0 Å². The normalized spacial score (nSPS) is 11.8. The van der Waals surface area contributed by atoms with Crippen LogP contribution in [-0.4, -0.2) is 5.78 Å². The lowest BCUT2D eigenvalue weighted by Gasteiger charge is -2.04. The van der Waals surface area contributed by atoms with E-state index in [-0.39, 0.29) is 11.7 Å². The molecular weight excluding hydrogens is 174 g/mol. The van der Waals surface area contributed by atoms with Crippen LogP contribution in [0.25, 0.3) is 0 Å². The maximum absolute atomic E-state index is 11.4.